The summed E-state index contributed by atoms with van der Waals surface area (Å²) in [5.74, 6) is 0.632. The number of para-hydroxylation sites is 1. The average molecular weight is 402 g/mol. The molecule has 28 heavy (non-hydrogen) atoms. The minimum atomic E-state index is -0.685. The summed E-state index contributed by atoms with van der Waals surface area (Å²) in [6.07, 6.45) is 0. The van der Waals surface area contributed by atoms with E-state index in [0.717, 1.165) is 0 Å². The van der Waals surface area contributed by atoms with Crippen LogP contribution in [0.25, 0.3) is 0 Å². The lowest BCUT2D eigenvalue weighted by molar-refractivity contribution is -0.113. The van der Waals surface area contributed by atoms with E-state index in [0.29, 0.717) is 39.0 Å². The number of benzene rings is 2. The van der Waals surface area contributed by atoms with E-state index in [9.17, 15) is 9.59 Å². The van der Waals surface area contributed by atoms with Gasteiger partial charge < -0.3 is 25.4 Å². The van der Waals surface area contributed by atoms with E-state index in [4.69, 9.17) is 21.1 Å². The molecule has 0 aromatic heterocycles. The Morgan fingerprint density at radius 1 is 1.11 bits per heavy atom. The molecule has 1 aliphatic heterocycles. The van der Waals surface area contributed by atoms with Crippen molar-refractivity contribution in [2.24, 2.45) is 0 Å². The largest absolute Gasteiger partial charge is 0.496 e. The zero-order chi connectivity index (χ0) is 20.3. The number of hydrogen-bond acceptors (Lipinski definition) is 4. The third-order valence-corrected chi connectivity index (χ3v) is 4.61. The maximum Gasteiger partial charge on any atom is 0.319 e. The van der Waals surface area contributed by atoms with Gasteiger partial charge in [-0.15, -0.1) is 0 Å². The maximum atomic E-state index is 13.1. The van der Waals surface area contributed by atoms with Crippen LogP contribution in [0.5, 0.6) is 11.5 Å². The van der Waals surface area contributed by atoms with Crippen LogP contribution in [0.2, 0.25) is 5.02 Å². The van der Waals surface area contributed by atoms with E-state index >= 15 is 0 Å². The number of rotatable bonds is 5. The summed E-state index contributed by atoms with van der Waals surface area (Å²) in [6.45, 7) is 1.67. The normalized spacial score (nSPS) is 16.1. The monoisotopic (exact) mass is 401 g/mol. The van der Waals surface area contributed by atoms with Crippen LogP contribution in [0.1, 0.15) is 18.5 Å². The van der Waals surface area contributed by atoms with E-state index < -0.39 is 18.0 Å². The van der Waals surface area contributed by atoms with Crippen molar-refractivity contribution in [1.82, 2.24) is 10.6 Å². The Kier molecular flexibility index (Phi) is 5.75. The SMILES string of the molecule is COc1ccc(Cl)cc1NC(=O)C1=C(C)NC(=O)NC1c1ccccc1OC. The lowest BCUT2D eigenvalue weighted by Crippen LogP contribution is -2.46. The second kappa shape index (κ2) is 8.22. The molecule has 0 radical (unpaired) electrons. The Morgan fingerprint density at radius 3 is 2.54 bits per heavy atom. The highest BCUT2D eigenvalue weighted by Gasteiger charge is 2.33. The fraction of sp³-hybridized carbons (Fsp3) is 0.200. The highest BCUT2D eigenvalue weighted by atomic mass is 35.5. The number of ether oxygens (including phenoxy) is 2. The molecule has 0 spiro atoms. The Morgan fingerprint density at radius 2 is 1.82 bits per heavy atom. The Labute approximate surface area is 167 Å². The van der Waals surface area contributed by atoms with E-state index in [1.54, 1.807) is 37.3 Å². The van der Waals surface area contributed by atoms with E-state index in [2.05, 4.69) is 16.0 Å². The van der Waals surface area contributed by atoms with Crippen molar-refractivity contribution >= 4 is 29.2 Å². The average Bonchev–Trinajstić information content (AvgIpc) is 2.67. The zero-order valence-corrected chi connectivity index (χ0v) is 16.4. The van der Waals surface area contributed by atoms with Crippen LogP contribution in [0.4, 0.5) is 10.5 Å². The molecule has 3 N–H and O–H groups in total. The van der Waals surface area contributed by atoms with Gasteiger partial charge in [-0.2, -0.15) is 0 Å². The smallest absolute Gasteiger partial charge is 0.319 e. The van der Waals surface area contributed by atoms with Gasteiger partial charge in [0, 0.05) is 16.3 Å². The predicted octanol–water partition coefficient (Wildman–Crippen LogP) is 3.62. The molecule has 2 aromatic rings. The Bertz CT molecular complexity index is 958. The van der Waals surface area contributed by atoms with Crippen LogP contribution < -0.4 is 25.4 Å². The molecule has 1 atom stereocenters. The Hall–Kier alpha value is -3.19. The number of amides is 3. The van der Waals surface area contributed by atoms with Gasteiger partial charge in [0.15, 0.2) is 0 Å². The van der Waals surface area contributed by atoms with Gasteiger partial charge in [0.25, 0.3) is 5.91 Å². The summed E-state index contributed by atoms with van der Waals surface area (Å²) in [6, 6.07) is 11.1. The number of halogens is 1. The standard InChI is InChI=1S/C20H20ClN3O4/c1-11-17(19(25)23-14-10-12(21)8-9-16(14)28-3)18(24-20(26)22-11)13-6-4-5-7-15(13)27-2/h4-10,18H,1-3H3,(H,23,25)(H2,22,24,26). The summed E-state index contributed by atoms with van der Waals surface area (Å²) in [5.41, 5.74) is 1.89. The fourth-order valence-electron chi connectivity index (χ4n) is 3.10. The van der Waals surface area contributed by atoms with Crippen molar-refractivity contribution in [3.05, 3.63) is 64.3 Å². The van der Waals surface area contributed by atoms with Gasteiger partial charge in [0.1, 0.15) is 11.5 Å². The summed E-state index contributed by atoms with van der Waals surface area (Å²) < 4.78 is 10.7. The molecule has 7 nitrogen and oxygen atoms in total. The van der Waals surface area contributed by atoms with Gasteiger partial charge in [-0.1, -0.05) is 29.8 Å². The lowest BCUT2D eigenvalue weighted by Gasteiger charge is -2.29. The van der Waals surface area contributed by atoms with Crippen LogP contribution in [-0.4, -0.2) is 26.2 Å². The van der Waals surface area contributed by atoms with Crippen molar-refractivity contribution in [1.29, 1.82) is 0 Å². The van der Waals surface area contributed by atoms with Gasteiger partial charge >= 0.3 is 6.03 Å². The number of carbonyl (C=O) groups is 2. The third-order valence-electron chi connectivity index (χ3n) is 4.37. The molecule has 146 valence electrons. The number of hydrogen-bond donors (Lipinski definition) is 3. The minimum Gasteiger partial charge on any atom is -0.496 e. The highest BCUT2D eigenvalue weighted by Crippen LogP contribution is 2.34. The molecule has 1 heterocycles. The van der Waals surface area contributed by atoms with Gasteiger partial charge in [-0.3, -0.25) is 4.79 Å². The molecule has 8 heteroatoms. The van der Waals surface area contributed by atoms with Crippen molar-refractivity contribution in [2.45, 2.75) is 13.0 Å². The van der Waals surface area contributed by atoms with Crippen LogP contribution in [-0.2, 0) is 4.79 Å². The second-order valence-corrected chi connectivity index (χ2v) is 6.55. The second-order valence-electron chi connectivity index (χ2n) is 6.11. The molecule has 3 amide bonds. The molecule has 1 unspecified atom stereocenters. The Balaban J connectivity index is 2.01. The fourth-order valence-corrected chi connectivity index (χ4v) is 3.27. The quantitative estimate of drug-likeness (QED) is 0.713. The molecule has 0 saturated carbocycles. The zero-order valence-electron chi connectivity index (χ0n) is 15.6. The van der Waals surface area contributed by atoms with Crippen molar-refractivity contribution in [3.63, 3.8) is 0 Å². The van der Waals surface area contributed by atoms with Crippen molar-refractivity contribution < 1.29 is 19.1 Å². The van der Waals surface area contributed by atoms with Crippen molar-refractivity contribution in [3.8, 4) is 11.5 Å². The third kappa shape index (κ3) is 3.89. The van der Waals surface area contributed by atoms with Gasteiger partial charge in [0.2, 0.25) is 0 Å². The molecular formula is C20H20ClN3O4. The number of urea groups is 1. The van der Waals surface area contributed by atoms with E-state index in [1.807, 2.05) is 12.1 Å². The topological polar surface area (TPSA) is 88.7 Å². The first kappa shape index (κ1) is 19.6. The van der Waals surface area contributed by atoms with Crippen LogP contribution >= 0.6 is 11.6 Å². The molecule has 1 aliphatic rings. The first-order valence-electron chi connectivity index (χ1n) is 8.50. The lowest BCUT2D eigenvalue weighted by atomic mass is 9.94. The minimum absolute atomic E-state index is 0.353. The number of allylic oxidation sites excluding steroid dienone is 1. The summed E-state index contributed by atoms with van der Waals surface area (Å²) in [4.78, 5) is 25.2. The number of methoxy groups -OCH3 is 2. The highest BCUT2D eigenvalue weighted by molar-refractivity contribution is 6.31. The molecule has 0 bridgehead atoms. The number of carbonyl (C=O) groups excluding carboxylic acids is 2. The molecule has 2 aromatic carbocycles. The summed E-state index contributed by atoms with van der Waals surface area (Å²) >= 11 is 6.05. The summed E-state index contributed by atoms with van der Waals surface area (Å²) in [7, 11) is 3.04. The number of anilines is 1. The molecule has 0 fully saturated rings. The van der Waals surface area contributed by atoms with Gasteiger partial charge in [0.05, 0.1) is 31.5 Å². The summed E-state index contributed by atoms with van der Waals surface area (Å²) in [5, 5.41) is 8.71. The van der Waals surface area contributed by atoms with Crippen molar-refractivity contribution in [2.75, 3.05) is 19.5 Å². The molecule has 3 rings (SSSR count). The predicted molar refractivity (Wildman–Crippen MR) is 107 cm³/mol. The van der Waals surface area contributed by atoms with Gasteiger partial charge in [-0.25, -0.2) is 4.79 Å². The molecule has 0 aliphatic carbocycles. The van der Waals surface area contributed by atoms with E-state index in [1.165, 1.54) is 14.2 Å². The molecule has 0 saturated heterocycles. The van der Waals surface area contributed by atoms with Crippen LogP contribution in [0, 0.1) is 0 Å². The van der Waals surface area contributed by atoms with Crippen LogP contribution in [0.15, 0.2) is 53.7 Å². The first-order valence-corrected chi connectivity index (χ1v) is 8.88. The van der Waals surface area contributed by atoms with E-state index in [-0.39, 0.29) is 0 Å². The number of nitrogens with one attached hydrogen (secondary N) is 3. The van der Waals surface area contributed by atoms with Crippen LogP contribution in [0.3, 0.4) is 0 Å². The van der Waals surface area contributed by atoms with Gasteiger partial charge in [-0.05, 0) is 31.2 Å². The first-order chi connectivity index (χ1) is 13.4. The molecular weight excluding hydrogens is 382 g/mol. The maximum absolute atomic E-state index is 13.1.